The van der Waals surface area contributed by atoms with Crippen LogP contribution in [0.3, 0.4) is 0 Å². The van der Waals surface area contributed by atoms with Gasteiger partial charge in [-0.3, -0.25) is 15.1 Å². The molecule has 0 radical (unpaired) electrons. The number of ether oxygens (including phenoxy) is 1. The van der Waals surface area contributed by atoms with Crippen LogP contribution in [0.25, 0.3) is 0 Å². The van der Waals surface area contributed by atoms with Gasteiger partial charge in [0, 0.05) is 25.0 Å². The van der Waals surface area contributed by atoms with Gasteiger partial charge in [-0.25, -0.2) is 4.98 Å². The van der Waals surface area contributed by atoms with E-state index in [2.05, 4.69) is 16.0 Å². The Morgan fingerprint density at radius 2 is 2.08 bits per heavy atom. The molecular weight excluding hydrogens is 356 g/mol. The van der Waals surface area contributed by atoms with Crippen molar-refractivity contribution in [2.45, 2.75) is 37.7 Å². The fourth-order valence-electron chi connectivity index (χ4n) is 3.39. The summed E-state index contributed by atoms with van der Waals surface area (Å²) in [4.78, 5) is 21.0. The summed E-state index contributed by atoms with van der Waals surface area (Å²) in [5.74, 6) is 1.26. The van der Waals surface area contributed by atoms with Crippen LogP contribution < -0.4 is 9.64 Å². The van der Waals surface area contributed by atoms with E-state index in [0.717, 1.165) is 12.8 Å². The molecule has 1 aliphatic heterocycles. The monoisotopic (exact) mass is 374 g/mol. The first kappa shape index (κ1) is 17.0. The average Bonchev–Trinajstić information content (AvgIpc) is 3.47. The number of piperidine rings is 1. The Kier molecular flexibility index (Phi) is 4.63. The second-order valence-corrected chi connectivity index (χ2v) is 7.19. The zero-order valence-electron chi connectivity index (χ0n) is 14.2. The van der Waals surface area contributed by atoms with Crippen molar-refractivity contribution in [3.8, 4) is 5.88 Å². The average molecular weight is 375 g/mol. The minimum absolute atomic E-state index is 0.0786. The summed E-state index contributed by atoms with van der Waals surface area (Å²) >= 11 is 6.21. The van der Waals surface area contributed by atoms with Crippen molar-refractivity contribution in [1.82, 2.24) is 9.97 Å². The first-order valence-corrected chi connectivity index (χ1v) is 9.15. The summed E-state index contributed by atoms with van der Waals surface area (Å²) < 4.78 is 6.02. The molecule has 3 heterocycles. The van der Waals surface area contributed by atoms with E-state index in [0.29, 0.717) is 30.6 Å². The Labute approximate surface area is 156 Å². The van der Waals surface area contributed by atoms with E-state index in [1.165, 1.54) is 30.8 Å². The first-order chi connectivity index (χ1) is 12.6. The number of nitrogens with zero attached hydrogens (tertiary/aromatic N) is 4. The van der Waals surface area contributed by atoms with E-state index < -0.39 is 4.92 Å². The van der Waals surface area contributed by atoms with Crippen LogP contribution in [0.1, 0.15) is 37.2 Å². The van der Waals surface area contributed by atoms with Gasteiger partial charge in [0.05, 0.1) is 16.5 Å². The highest BCUT2D eigenvalue weighted by atomic mass is 35.5. The summed E-state index contributed by atoms with van der Waals surface area (Å²) in [5, 5.41) is 11.6. The van der Waals surface area contributed by atoms with Gasteiger partial charge >= 0.3 is 5.69 Å². The van der Waals surface area contributed by atoms with Crippen molar-refractivity contribution >= 4 is 23.0 Å². The molecule has 8 heteroatoms. The highest BCUT2D eigenvalue weighted by molar-refractivity contribution is 6.33. The highest BCUT2D eigenvalue weighted by Gasteiger charge is 2.29. The number of halogens is 1. The third-order valence-electron chi connectivity index (χ3n) is 4.84. The summed E-state index contributed by atoms with van der Waals surface area (Å²) in [6, 6.07) is 3.99. The molecule has 136 valence electrons. The van der Waals surface area contributed by atoms with Crippen LogP contribution in [0.4, 0.5) is 11.4 Å². The Hall–Kier alpha value is -2.41. The standard InChI is InChI=1S/C18H19ClN4O3/c19-15-9-20-10-16(23(24)25)18(15)22-7-1-2-14(11-22)26-17-6-5-13(8-21-17)12-3-4-12/h5-6,8-10,12,14H,1-4,7,11H2. The van der Waals surface area contributed by atoms with Gasteiger partial charge < -0.3 is 9.64 Å². The molecule has 0 amide bonds. The van der Waals surface area contributed by atoms with Crippen LogP contribution in [0.15, 0.2) is 30.7 Å². The van der Waals surface area contributed by atoms with E-state index in [1.54, 1.807) is 0 Å². The summed E-state index contributed by atoms with van der Waals surface area (Å²) in [5.41, 5.74) is 1.60. The van der Waals surface area contributed by atoms with Crippen molar-refractivity contribution in [3.63, 3.8) is 0 Å². The zero-order chi connectivity index (χ0) is 18.1. The highest BCUT2D eigenvalue weighted by Crippen LogP contribution is 2.40. The third kappa shape index (κ3) is 3.58. The zero-order valence-corrected chi connectivity index (χ0v) is 14.9. The fraction of sp³-hybridized carbons (Fsp3) is 0.444. The molecule has 2 fully saturated rings. The Balaban J connectivity index is 1.48. The van der Waals surface area contributed by atoms with E-state index in [4.69, 9.17) is 16.3 Å². The largest absolute Gasteiger partial charge is 0.472 e. The van der Waals surface area contributed by atoms with Gasteiger partial charge in [0.2, 0.25) is 5.88 Å². The van der Waals surface area contributed by atoms with Gasteiger partial charge in [-0.2, -0.15) is 0 Å². The summed E-state index contributed by atoms with van der Waals surface area (Å²) in [6.07, 6.45) is 8.69. The second-order valence-electron chi connectivity index (χ2n) is 6.78. The predicted molar refractivity (Wildman–Crippen MR) is 98.0 cm³/mol. The lowest BCUT2D eigenvalue weighted by Gasteiger charge is -2.34. The number of pyridine rings is 2. The van der Waals surface area contributed by atoms with Gasteiger partial charge in [0.15, 0.2) is 0 Å². The quantitative estimate of drug-likeness (QED) is 0.582. The van der Waals surface area contributed by atoms with Crippen LogP contribution in [0, 0.1) is 10.1 Å². The van der Waals surface area contributed by atoms with Crippen molar-refractivity contribution in [1.29, 1.82) is 0 Å². The minimum Gasteiger partial charge on any atom is -0.472 e. The van der Waals surface area contributed by atoms with Gasteiger partial charge in [0.1, 0.15) is 18.0 Å². The van der Waals surface area contributed by atoms with Gasteiger partial charge in [0.25, 0.3) is 0 Å². The number of rotatable bonds is 5. The van der Waals surface area contributed by atoms with Gasteiger partial charge in [-0.15, -0.1) is 0 Å². The first-order valence-electron chi connectivity index (χ1n) is 8.77. The topological polar surface area (TPSA) is 81.4 Å². The van der Waals surface area contributed by atoms with E-state index in [9.17, 15) is 10.1 Å². The molecule has 1 unspecified atom stereocenters. The molecule has 1 saturated heterocycles. The number of hydrogen-bond donors (Lipinski definition) is 0. The van der Waals surface area contributed by atoms with Crippen LogP contribution >= 0.6 is 11.6 Å². The Morgan fingerprint density at radius 1 is 1.23 bits per heavy atom. The van der Waals surface area contributed by atoms with Gasteiger partial charge in [-0.1, -0.05) is 17.7 Å². The van der Waals surface area contributed by atoms with Crippen LogP contribution in [0.5, 0.6) is 5.88 Å². The summed E-state index contributed by atoms with van der Waals surface area (Å²) in [7, 11) is 0. The molecular formula is C18H19ClN4O3. The van der Waals surface area contributed by atoms with Crippen molar-refractivity contribution in [2.24, 2.45) is 0 Å². The second kappa shape index (κ2) is 7.07. The summed E-state index contributed by atoms with van der Waals surface area (Å²) in [6.45, 7) is 1.22. The molecule has 1 atom stereocenters. The number of aromatic nitrogens is 2. The molecule has 1 saturated carbocycles. The fourth-order valence-corrected chi connectivity index (χ4v) is 3.67. The maximum Gasteiger partial charge on any atom is 0.312 e. The third-order valence-corrected chi connectivity index (χ3v) is 5.12. The van der Waals surface area contributed by atoms with E-state index >= 15 is 0 Å². The van der Waals surface area contributed by atoms with Crippen LogP contribution in [-0.4, -0.2) is 34.1 Å². The molecule has 0 N–H and O–H groups in total. The lowest BCUT2D eigenvalue weighted by molar-refractivity contribution is -0.384. The van der Waals surface area contributed by atoms with Crippen molar-refractivity contribution in [3.05, 3.63) is 51.4 Å². The molecule has 0 bridgehead atoms. The predicted octanol–water partition coefficient (Wildman–Crippen LogP) is 3.96. The van der Waals surface area contributed by atoms with E-state index in [1.807, 2.05) is 17.2 Å². The molecule has 2 aromatic heterocycles. The molecule has 0 spiro atoms. The lowest BCUT2D eigenvalue weighted by Crippen LogP contribution is -2.41. The maximum absolute atomic E-state index is 11.3. The molecule has 2 aromatic rings. The molecule has 2 aliphatic rings. The molecule has 26 heavy (non-hydrogen) atoms. The molecule has 0 aromatic carbocycles. The number of anilines is 1. The number of hydrogen-bond acceptors (Lipinski definition) is 6. The molecule has 1 aliphatic carbocycles. The molecule has 7 nitrogen and oxygen atoms in total. The maximum atomic E-state index is 11.3. The van der Waals surface area contributed by atoms with E-state index in [-0.39, 0.29) is 16.8 Å². The van der Waals surface area contributed by atoms with Crippen molar-refractivity contribution < 1.29 is 9.66 Å². The Morgan fingerprint density at radius 3 is 2.77 bits per heavy atom. The van der Waals surface area contributed by atoms with Crippen LogP contribution in [-0.2, 0) is 0 Å². The van der Waals surface area contributed by atoms with Crippen LogP contribution in [0.2, 0.25) is 5.02 Å². The molecule has 4 rings (SSSR count). The Bertz CT molecular complexity index is 811. The lowest BCUT2D eigenvalue weighted by atomic mass is 10.1. The number of nitro groups is 1. The van der Waals surface area contributed by atoms with Gasteiger partial charge in [-0.05, 0) is 37.2 Å². The normalized spacial score (nSPS) is 20.0. The van der Waals surface area contributed by atoms with Crippen molar-refractivity contribution in [2.75, 3.05) is 18.0 Å². The SMILES string of the molecule is O=[N+]([O-])c1cncc(Cl)c1N1CCCC(Oc2ccc(C3CC3)cn2)C1. The minimum atomic E-state index is -0.448. The smallest absolute Gasteiger partial charge is 0.312 e.